The smallest absolute Gasteiger partial charge is 0.273 e. The fourth-order valence-corrected chi connectivity index (χ4v) is 4.56. The van der Waals surface area contributed by atoms with Crippen molar-refractivity contribution in [3.63, 3.8) is 0 Å². The maximum absolute atomic E-state index is 13.4. The number of amides is 2. The lowest BCUT2D eigenvalue weighted by atomic mass is 10.0. The van der Waals surface area contributed by atoms with E-state index in [0.717, 1.165) is 11.1 Å². The highest BCUT2D eigenvalue weighted by atomic mass is 32.1. The molecule has 3 aromatic rings. The third kappa shape index (κ3) is 4.25. The molecule has 4 rings (SSSR count). The van der Waals surface area contributed by atoms with Gasteiger partial charge < -0.3 is 19.7 Å². The summed E-state index contributed by atoms with van der Waals surface area (Å²) < 4.78 is 10.9. The van der Waals surface area contributed by atoms with E-state index in [2.05, 4.69) is 10.3 Å². The van der Waals surface area contributed by atoms with Crippen LogP contribution in [0.3, 0.4) is 0 Å². The Balaban J connectivity index is 1.67. The van der Waals surface area contributed by atoms with Crippen molar-refractivity contribution in [3.05, 3.63) is 65.2 Å². The number of carbonyl (C=O) groups is 2. The van der Waals surface area contributed by atoms with Crippen molar-refractivity contribution in [1.29, 1.82) is 0 Å². The number of para-hydroxylation sites is 1. The fourth-order valence-electron chi connectivity index (χ4n) is 3.74. The number of rotatable bonds is 5. The van der Waals surface area contributed by atoms with Gasteiger partial charge in [-0.25, -0.2) is 4.98 Å². The van der Waals surface area contributed by atoms with E-state index in [4.69, 9.17) is 9.47 Å². The Kier molecular flexibility index (Phi) is 6.18. The van der Waals surface area contributed by atoms with E-state index in [1.807, 2.05) is 48.5 Å². The molecule has 1 saturated heterocycles. The van der Waals surface area contributed by atoms with E-state index in [1.54, 1.807) is 24.5 Å². The molecule has 1 atom stereocenters. The average Bonchev–Trinajstić information content (AvgIpc) is 3.22. The first-order chi connectivity index (χ1) is 15.1. The van der Waals surface area contributed by atoms with Crippen molar-refractivity contribution < 1.29 is 19.1 Å². The number of carbonyl (C=O) groups excluding carboxylic acids is 2. The van der Waals surface area contributed by atoms with E-state index in [1.165, 1.54) is 11.3 Å². The number of benzene rings is 2. The number of thiazole rings is 1. The maximum Gasteiger partial charge on any atom is 0.273 e. The predicted molar refractivity (Wildman–Crippen MR) is 119 cm³/mol. The lowest BCUT2D eigenvalue weighted by Gasteiger charge is -2.29. The quantitative estimate of drug-likeness (QED) is 0.661. The van der Waals surface area contributed by atoms with Gasteiger partial charge in [-0.3, -0.25) is 9.59 Å². The van der Waals surface area contributed by atoms with Gasteiger partial charge in [0.25, 0.3) is 5.91 Å². The van der Waals surface area contributed by atoms with Gasteiger partial charge in [-0.15, -0.1) is 11.3 Å². The van der Waals surface area contributed by atoms with Gasteiger partial charge in [-0.1, -0.05) is 36.4 Å². The number of hydrogen-bond acceptors (Lipinski definition) is 6. The molecule has 1 aromatic heterocycles. The van der Waals surface area contributed by atoms with Gasteiger partial charge in [0.15, 0.2) is 11.5 Å². The van der Waals surface area contributed by atoms with Crippen molar-refractivity contribution >= 4 is 23.2 Å². The normalized spacial score (nSPS) is 16.4. The molecule has 1 N–H and O–H groups in total. The molecule has 1 aliphatic rings. The molecule has 0 aliphatic carbocycles. The first kappa shape index (κ1) is 20.9. The third-order valence-electron chi connectivity index (χ3n) is 5.23. The number of nitrogens with one attached hydrogen (secondary N) is 1. The SMILES string of the molecule is COc1cccc(-c2nc(C(=O)N3CCNC(=O)C[C@H]3c3ccccc3)cs2)c1OC. The summed E-state index contributed by atoms with van der Waals surface area (Å²) in [7, 11) is 3.16. The summed E-state index contributed by atoms with van der Waals surface area (Å²) in [6.45, 7) is 0.827. The maximum atomic E-state index is 13.4. The number of methoxy groups -OCH3 is 2. The molecule has 31 heavy (non-hydrogen) atoms. The van der Waals surface area contributed by atoms with Gasteiger partial charge in [0, 0.05) is 18.5 Å². The predicted octanol–water partition coefficient (Wildman–Crippen LogP) is 3.53. The largest absolute Gasteiger partial charge is 0.493 e. The average molecular weight is 438 g/mol. The summed E-state index contributed by atoms with van der Waals surface area (Å²) in [5, 5.41) is 5.27. The molecule has 0 spiro atoms. The molecule has 0 radical (unpaired) electrons. The zero-order valence-corrected chi connectivity index (χ0v) is 18.1. The van der Waals surface area contributed by atoms with Gasteiger partial charge in [-0.2, -0.15) is 0 Å². The monoisotopic (exact) mass is 437 g/mol. The molecule has 2 amide bonds. The minimum Gasteiger partial charge on any atom is -0.493 e. The molecule has 7 nitrogen and oxygen atoms in total. The minimum absolute atomic E-state index is 0.0655. The van der Waals surface area contributed by atoms with Gasteiger partial charge in [-0.05, 0) is 17.7 Å². The van der Waals surface area contributed by atoms with E-state index in [9.17, 15) is 9.59 Å². The molecular formula is C23H23N3O4S. The zero-order chi connectivity index (χ0) is 21.8. The summed E-state index contributed by atoms with van der Waals surface area (Å²) in [6.07, 6.45) is 0.219. The topological polar surface area (TPSA) is 80.8 Å². The van der Waals surface area contributed by atoms with Crippen LogP contribution >= 0.6 is 11.3 Å². The summed E-state index contributed by atoms with van der Waals surface area (Å²) in [4.78, 5) is 32.0. The van der Waals surface area contributed by atoms with Gasteiger partial charge in [0.1, 0.15) is 10.7 Å². The van der Waals surface area contributed by atoms with E-state index in [0.29, 0.717) is 35.3 Å². The summed E-state index contributed by atoms with van der Waals surface area (Å²) in [6, 6.07) is 14.8. The van der Waals surface area contributed by atoms with E-state index < -0.39 is 0 Å². The Bertz CT molecular complexity index is 1080. The highest BCUT2D eigenvalue weighted by Gasteiger charge is 2.31. The molecule has 0 bridgehead atoms. The summed E-state index contributed by atoms with van der Waals surface area (Å²) >= 11 is 1.37. The van der Waals surface area contributed by atoms with Crippen molar-refractivity contribution in [2.75, 3.05) is 27.3 Å². The molecule has 0 saturated carbocycles. The van der Waals surface area contributed by atoms with Crippen LogP contribution in [0.1, 0.15) is 28.5 Å². The van der Waals surface area contributed by atoms with Crippen LogP contribution in [0.25, 0.3) is 10.6 Å². The van der Waals surface area contributed by atoms with Crippen LogP contribution in [-0.2, 0) is 4.79 Å². The van der Waals surface area contributed by atoms with Crippen LogP contribution in [0, 0.1) is 0 Å². The fraction of sp³-hybridized carbons (Fsp3) is 0.261. The molecular weight excluding hydrogens is 414 g/mol. The molecule has 2 aromatic carbocycles. The minimum atomic E-state index is -0.340. The molecule has 2 heterocycles. The van der Waals surface area contributed by atoms with Gasteiger partial charge >= 0.3 is 0 Å². The molecule has 160 valence electrons. The number of hydrogen-bond donors (Lipinski definition) is 1. The second-order valence-electron chi connectivity index (χ2n) is 7.06. The van der Waals surface area contributed by atoms with E-state index >= 15 is 0 Å². The molecule has 1 aliphatic heterocycles. The standard InChI is InChI=1S/C23H23N3O4S/c1-29-19-10-6-9-16(21(19)30-2)22-25-17(14-31-22)23(28)26-12-11-24-20(27)13-18(26)15-7-4-3-5-8-15/h3-10,14,18H,11-13H2,1-2H3,(H,24,27)/t18-/m0/s1. The Morgan fingerprint density at radius 3 is 2.68 bits per heavy atom. The van der Waals surface area contributed by atoms with Crippen LogP contribution in [-0.4, -0.2) is 49.0 Å². The second kappa shape index (κ2) is 9.18. The summed E-state index contributed by atoms with van der Waals surface area (Å²) in [5.74, 6) is 0.911. The Hall–Kier alpha value is -3.39. The highest BCUT2D eigenvalue weighted by Crippen LogP contribution is 2.39. The van der Waals surface area contributed by atoms with Crippen molar-refractivity contribution in [2.24, 2.45) is 0 Å². The van der Waals surface area contributed by atoms with Crippen LogP contribution in [0.15, 0.2) is 53.9 Å². The Morgan fingerprint density at radius 1 is 1.13 bits per heavy atom. The highest BCUT2D eigenvalue weighted by molar-refractivity contribution is 7.13. The zero-order valence-electron chi connectivity index (χ0n) is 17.3. The number of aromatic nitrogens is 1. The number of ether oxygens (including phenoxy) is 2. The van der Waals surface area contributed by atoms with Gasteiger partial charge in [0.2, 0.25) is 5.91 Å². The first-order valence-electron chi connectivity index (χ1n) is 9.92. The van der Waals surface area contributed by atoms with Crippen LogP contribution in [0.2, 0.25) is 0 Å². The third-order valence-corrected chi connectivity index (χ3v) is 6.11. The molecule has 0 unspecified atom stereocenters. The van der Waals surface area contributed by atoms with E-state index in [-0.39, 0.29) is 24.3 Å². The van der Waals surface area contributed by atoms with Crippen molar-refractivity contribution in [2.45, 2.75) is 12.5 Å². The Labute approximate surface area is 184 Å². The lowest BCUT2D eigenvalue weighted by molar-refractivity contribution is -0.121. The van der Waals surface area contributed by atoms with Crippen LogP contribution in [0.4, 0.5) is 0 Å². The van der Waals surface area contributed by atoms with Crippen LogP contribution in [0.5, 0.6) is 11.5 Å². The second-order valence-corrected chi connectivity index (χ2v) is 7.92. The van der Waals surface area contributed by atoms with Crippen LogP contribution < -0.4 is 14.8 Å². The molecule has 1 fully saturated rings. The van der Waals surface area contributed by atoms with Crippen molar-refractivity contribution in [1.82, 2.24) is 15.2 Å². The Morgan fingerprint density at radius 2 is 1.94 bits per heavy atom. The lowest BCUT2D eigenvalue weighted by Crippen LogP contribution is -2.36. The number of nitrogens with zero attached hydrogens (tertiary/aromatic N) is 2. The first-order valence-corrected chi connectivity index (χ1v) is 10.8. The van der Waals surface area contributed by atoms with Gasteiger partial charge in [0.05, 0.1) is 32.2 Å². The molecule has 8 heteroatoms. The van der Waals surface area contributed by atoms with Crippen molar-refractivity contribution in [3.8, 4) is 22.1 Å². The summed E-state index contributed by atoms with van der Waals surface area (Å²) in [5.41, 5.74) is 2.04.